The summed E-state index contributed by atoms with van der Waals surface area (Å²) in [4.78, 5) is 8.10. The fourth-order valence-corrected chi connectivity index (χ4v) is 4.02. The van der Waals surface area contributed by atoms with Crippen molar-refractivity contribution in [1.82, 2.24) is 9.97 Å². The third-order valence-corrected chi connectivity index (χ3v) is 5.67. The molecule has 3 N–H and O–H groups in total. The van der Waals surface area contributed by atoms with Crippen LogP contribution < -0.4 is 10.5 Å². The van der Waals surface area contributed by atoms with Crippen LogP contribution in [0.15, 0.2) is 54.9 Å². The second-order valence-corrected chi connectivity index (χ2v) is 8.08. The van der Waals surface area contributed by atoms with Gasteiger partial charge in [-0.3, -0.25) is 4.98 Å². The second kappa shape index (κ2) is 10.2. The molecule has 29 heavy (non-hydrogen) atoms. The smallest absolute Gasteiger partial charge is 0.141 e. The van der Waals surface area contributed by atoms with Crippen molar-refractivity contribution in [3.8, 4) is 22.4 Å². The SMILES string of the molecule is CCCCCC[S+]([O-])Nc1ccccc1-c1ccc(-c2cnc(N)cn2)c(F)c1. The highest BCUT2D eigenvalue weighted by atomic mass is 32.2. The van der Waals surface area contributed by atoms with E-state index < -0.39 is 17.2 Å². The Morgan fingerprint density at radius 1 is 1.03 bits per heavy atom. The minimum absolute atomic E-state index is 0.286. The zero-order chi connectivity index (χ0) is 20.6. The third-order valence-electron chi connectivity index (χ3n) is 4.56. The van der Waals surface area contributed by atoms with E-state index in [1.165, 1.54) is 18.5 Å². The number of nitrogens with zero attached hydrogens (tertiary/aromatic N) is 2. The summed E-state index contributed by atoms with van der Waals surface area (Å²) in [6.07, 6.45) is 7.14. The standard InChI is InChI=1S/C22H25FN4OS/c1-2-3-4-7-12-29(28)27-20-9-6-5-8-17(20)16-10-11-18(19(23)13-16)21-14-26-22(24)15-25-21/h5-6,8-11,13-15,27H,2-4,7,12H2,1H3,(H2,24,26). The summed E-state index contributed by atoms with van der Waals surface area (Å²) in [6, 6.07) is 12.4. The van der Waals surface area contributed by atoms with E-state index in [9.17, 15) is 8.94 Å². The van der Waals surface area contributed by atoms with Gasteiger partial charge in [0.25, 0.3) is 0 Å². The molecule has 1 atom stereocenters. The third kappa shape index (κ3) is 5.68. The Bertz CT molecular complexity index is 936. The zero-order valence-electron chi connectivity index (χ0n) is 16.4. The van der Waals surface area contributed by atoms with Crippen molar-refractivity contribution < 1.29 is 8.94 Å². The molecule has 0 aliphatic carbocycles. The fourth-order valence-electron chi connectivity index (χ4n) is 3.02. The second-order valence-electron chi connectivity index (χ2n) is 6.78. The van der Waals surface area contributed by atoms with Gasteiger partial charge in [0.15, 0.2) is 0 Å². The van der Waals surface area contributed by atoms with Crippen LogP contribution in [0.4, 0.5) is 15.9 Å². The maximum atomic E-state index is 14.8. The number of aromatic nitrogens is 2. The van der Waals surface area contributed by atoms with E-state index >= 15 is 0 Å². The van der Waals surface area contributed by atoms with Gasteiger partial charge in [-0.2, -0.15) is 0 Å². The lowest BCUT2D eigenvalue weighted by Gasteiger charge is -2.15. The number of benzene rings is 2. The molecule has 152 valence electrons. The first-order valence-corrected chi connectivity index (χ1v) is 11.0. The molecular weight excluding hydrogens is 387 g/mol. The van der Waals surface area contributed by atoms with Crippen LogP contribution in [-0.4, -0.2) is 20.3 Å². The Labute approximate surface area is 173 Å². The molecule has 0 aliphatic heterocycles. The molecule has 1 aromatic heterocycles. The van der Waals surface area contributed by atoms with Gasteiger partial charge in [0.2, 0.25) is 0 Å². The van der Waals surface area contributed by atoms with Crippen LogP contribution >= 0.6 is 0 Å². The lowest BCUT2D eigenvalue weighted by molar-refractivity contribution is 0.593. The lowest BCUT2D eigenvalue weighted by Crippen LogP contribution is -2.17. The maximum absolute atomic E-state index is 14.8. The molecule has 0 amide bonds. The number of nitrogen functional groups attached to an aromatic ring is 1. The van der Waals surface area contributed by atoms with E-state index in [-0.39, 0.29) is 5.82 Å². The Morgan fingerprint density at radius 2 is 1.86 bits per heavy atom. The molecule has 0 fully saturated rings. The van der Waals surface area contributed by atoms with Crippen LogP contribution in [0.3, 0.4) is 0 Å². The first-order chi connectivity index (χ1) is 14.1. The molecule has 7 heteroatoms. The number of nitrogens with one attached hydrogen (secondary N) is 1. The minimum atomic E-state index is -1.17. The molecular formula is C22H25FN4OS. The van der Waals surface area contributed by atoms with E-state index in [1.807, 2.05) is 30.3 Å². The highest BCUT2D eigenvalue weighted by Gasteiger charge is 2.14. The van der Waals surface area contributed by atoms with Gasteiger partial charge in [0.1, 0.15) is 17.4 Å². The molecule has 0 saturated heterocycles. The van der Waals surface area contributed by atoms with Crippen molar-refractivity contribution in [1.29, 1.82) is 0 Å². The molecule has 2 aromatic carbocycles. The van der Waals surface area contributed by atoms with E-state index in [0.717, 1.165) is 36.9 Å². The van der Waals surface area contributed by atoms with Crippen molar-refractivity contribution in [2.45, 2.75) is 32.6 Å². The molecule has 0 aliphatic rings. The molecule has 1 heterocycles. The van der Waals surface area contributed by atoms with Crippen LogP contribution in [0.25, 0.3) is 22.4 Å². The summed E-state index contributed by atoms with van der Waals surface area (Å²) in [5, 5.41) is 0. The number of anilines is 2. The van der Waals surface area contributed by atoms with E-state index in [0.29, 0.717) is 22.6 Å². The molecule has 0 saturated carbocycles. The van der Waals surface area contributed by atoms with E-state index in [4.69, 9.17) is 5.73 Å². The fraction of sp³-hybridized carbons (Fsp3) is 0.273. The topological polar surface area (TPSA) is 86.9 Å². The maximum Gasteiger partial charge on any atom is 0.141 e. The quantitative estimate of drug-likeness (QED) is 0.373. The molecule has 0 spiro atoms. The first kappa shape index (κ1) is 21.1. The molecule has 3 aromatic rings. The van der Waals surface area contributed by atoms with Crippen LogP contribution in [-0.2, 0) is 11.4 Å². The number of nitrogens with two attached hydrogens (primary N) is 1. The molecule has 0 bridgehead atoms. The van der Waals surface area contributed by atoms with Gasteiger partial charge in [-0.15, -0.1) is 0 Å². The predicted octanol–water partition coefficient (Wildman–Crippen LogP) is 5.19. The summed E-state index contributed by atoms with van der Waals surface area (Å²) in [7, 11) is 0. The Balaban J connectivity index is 1.78. The summed E-state index contributed by atoms with van der Waals surface area (Å²) in [6.45, 7) is 2.15. The number of hydrogen-bond donors (Lipinski definition) is 2. The van der Waals surface area contributed by atoms with E-state index in [2.05, 4.69) is 21.6 Å². The molecule has 5 nitrogen and oxygen atoms in total. The molecule has 3 rings (SSSR count). The van der Waals surface area contributed by atoms with Crippen molar-refractivity contribution in [3.05, 3.63) is 60.7 Å². The van der Waals surface area contributed by atoms with Crippen molar-refractivity contribution in [2.24, 2.45) is 0 Å². The van der Waals surface area contributed by atoms with Gasteiger partial charge in [0.05, 0.1) is 35.1 Å². The number of para-hydroxylation sites is 1. The van der Waals surface area contributed by atoms with E-state index in [1.54, 1.807) is 6.07 Å². The summed E-state index contributed by atoms with van der Waals surface area (Å²) >= 11 is -1.17. The minimum Gasteiger partial charge on any atom is -0.593 e. The monoisotopic (exact) mass is 412 g/mol. The zero-order valence-corrected chi connectivity index (χ0v) is 17.2. The number of unbranched alkanes of at least 4 members (excludes halogenated alkanes) is 3. The summed E-state index contributed by atoms with van der Waals surface area (Å²) in [5.41, 5.74) is 8.53. The summed E-state index contributed by atoms with van der Waals surface area (Å²) in [5.74, 6) is 0.475. The highest BCUT2D eigenvalue weighted by Crippen LogP contribution is 2.32. The van der Waals surface area contributed by atoms with Gasteiger partial charge in [-0.25, -0.2) is 14.1 Å². The van der Waals surface area contributed by atoms with Crippen molar-refractivity contribution >= 4 is 22.9 Å². The van der Waals surface area contributed by atoms with Gasteiger partial charge in [0, 0.05) is 11.1 Å². The normalized spacial score (nSPS) is 12.0. The Morgan fingerprint density at radius 3 is 2.59 bits per heavy atom. The van der Waals surface area contributed by atoms with Crippen LogP contribution in [0.5, 0.6) is 0 Å². The number of halogens is 1. The average molecular weight is 413 g/mol. The van der Waals surface area contributed by atoms with Gasteiger partial charge in [-0.1, -0.05) is 44.0 Å². The predicted molar refractivity (Wildman–Crippen MR) is 118 cm³/mol. The Kier molecular flexibility index (Phi) is 7.43. The first-order valence-electron chi connectivity index (χ1n) is 9.70. The molecule has 1 unspecified atom stereocenters. The highest BCUT2D eigenvalue weighted by molar-refractivity contribution is 7.92. The Hall–Kier alpha value is -2.64. The number of rotatable bonds is 9. The van der Waals surface area contributed by atoms with Crippen molar-refractivity contribution in [2.75, 3.05) is 16.2 Å². The van der Waals surface area contributed by atoms with Crippen LogP contribution in [0, 0.1) is 5.82 Å². The van der Waals surface area contributed by atoms with Gasteiger partial charge < -0.3 is 10.3 Å². The van der Waals surface area contributed by atoms with Crippen molar-refractivity contribution in [3.63, 3.8) is 0 Å². The lowest BCUT2D eigenvalue weighted by atomic mass is 10.0. The number of hydrogen-bond acceptors (Lipinski definition) is 5. The van der Waals surface area contributed by atoms with Gasteiger partial charge in [-0.05, 0) is 36.6 Å². The van der Waals surface area contributed by atoms with Crippen LogP contribution in [0.2, 0.25) is 0 Å². The van der Waals surface area contributed by atoms with Gasteiger partial charge >= 0.3 is 0 Å². The van der Waals surface area contributed by atoms with Crippen LogP contribution in [0.1, 0.15) is 32.6 Å². The largest absolute Gasteiger partial charge is 0.593 e. The molecule has 0 radical (unpaired) electrons. The summed E-state index contributed by atoms with van der Waals surface area (Å²) < 4.78 is 30.2. The average Bonchev–Trinajstić information content (AvgIpc) is 2.72.